The minimum Gasteiger partial charge on any atom is -0.399 e. The van der Waals surface area contributed by atoms with E-state index in [1.807, 2.05) is 24.3 Å². The highest BCUT2D eigenvalue weighted by Crippen LogP contribution is 2.46. The van der Waals surface area contributed by atoms with E-state index in [4.69, 9.17) is 28.0 Å². The summed E-state index contributed by atoms with van der Waals surface area (Å²) in [4.78, 5) is 5.24. The third-order valence-electron chi connectivity index (χ3n) is 5.61. The van der Waals surface area contributed by atoms with E-state index in [0.29, 0.717) is 11.8 Å². The van der Waals surface area contributed by atoms with Crippen molar-refractivity contribution in [1.82, 2.24) is 5.32 Å². The van der Waals surface area contributed by atoms with Crippen LogP contribution in [0.3, 0.4) is 0 Å². The molecule has 4 atom stereocenters. The Bertz CT molecular complexity index is 727. The number of rotatable bonds is 3. The molecule has 0 amide bonds. The third-order valence-corrected chi connectivity index (χ3v) is 6.11. The molecule has 2 aliphatic rings. The Morgan fingerprint density at radius 3 is 1.73 bits per heavy atom. The molecule has 2 bridgehead atoms. The van der Waals surface area contributed by atoms with Crippen LogP contribution in [-0.4, -0.2) is 12.8 Å². The van der Waals surface area contributed by atoms with Crippen molar-refractivity contribution in [2.75, 3.05) is 7.11 Å². The molecule has 1 saturated carbocycles. The molecule has 3 nitrogen and oxygen atoms in total. The summed E-state index contributed by atoms with van der Waals surface area (Å²) in [6, 6.07) is 16.6. The van der Waals surface area contributed by atoms with Gasteiger partial charge in [0.05, 0.1) is 5.71 Å². The molecule has 26 heavy (non-hydrogen) atoms. The zero-order chi connectivity index (χ0) is 18.1. The van der Waals surface area contributed by atoms with E-state index in [-0.39, 0.29) is 12.1 Å². The summed E-state index contributed by atoms with van der Waals surface area (Å²) in [7, 11) is 1.64. The maximum absolute atomic E-state index is 6.10. The van der Waals surface area contributed by atoms with Crippen molar-refractivity contribution in [3.05, 3.63) is 69.7 Å². The molecular weight excluding hydrogens is 367 g/mol. The van der Waals surface area contributed by atoms with Crippen molar-refractivity contribution in [1.29, 1.82) is 0 Å². The van der Waals surface area contributed by atoms with Gasteiger partial charge in [-0.15, -0.1) is 0 Å². The Morgan fingerprint density at radius 1 is 0.846 bits per heavy atom. The van der Waals surface area contributed by atoms with Gasteiger partial charge in [0.15, 0.2) is 0 Å². The Morgan fingerprint density at radius 2 is 1.31 bits per heavy atom. The van der Waals surface area contributed by atoms with Gasteiger partial charge in [-0.1, -0.05) is 59.0 Å². The predicted molar refractivity (Wildman–Crippen MR) is 107 cm³/mol. The second kappa shape index (κ2) is 7.59. The van der Waals surface area contributed by atoms with Crippen LogP contribution in [0.15, 0.2) is 53.7 Å². The molecule has 2 aromatic carbocycles. The Kier molecular flexibility index (Phi) is 5.21. The van der Waals surface area contributed by atoms with Gasteiger partial charge in [0.2, 0.25) is 0 Å². The summed E-state index contributed by atoms with van der Waals surface area (Å²) >= 11 is 12.2. The van der Waals surface area contributed by atoms with Crippen molar-refractivity contribution in [2.24, 2.45) is 17.0 Å². The van der Waals surface area contributed by atoms with Crippen LogP contribution in [-0.2, 0) is 4.84 Å². The Balaban J connectivity index is 1.76. The van der Waals surface area contributed by atoms with E-state index in [0.717, 1.165) is 22.9 Å². The van der Waals surface area contributed by atoms with Gasteiger partial charge in [0.25, 0.3) is 0 Å². The van der Waals surface area contributed by atoms with Crippen molar-refractivity contribution >= 4 is 28.9 Å². The lowest BCUT2D eigenvalue weighted by molar-refractivity contribution is 0.180. The minimum atomic E-state index is 0.193. The first-order valence-corrected chi connectivity index (χ1v) is 9.81. The third kappa shape index (κ3) is 3.36. The van der Waals surface area contributed by atoms with E-state index in [1.165, 1.54) is 23.3 Å². The molecular formula is C21H22Cl2N2O. The summed E-state index contributed by atoms with van der Waals surface area (Å²) < 4.78 is 0. The van der Waals surface area contributed by atoms with Gasteiger partial charge in [-0.3, -0.25) is 0 Å². The fourth-order valence-corrected chi connectivity index (χ4v) is 4.72. The highest BCUT2D eigenvalue weighted by Gasteiger charge is 2.45. The minimum absolute atomic E-state index is 0.193. The van der Waals surface area contributed by atoms with Gasteiger partial charge >= 0.3 is 0 Å². The molecule has 2 aromatic rings. The van der Waals surface area contributed by atoms with Crippen LogP contribution in [0.5, 0.6) is 0 Å². The largest absolute Gasteiger partial charge is 0.399 e. The van der Waals surface area contributed by atoms with Crippen molar-refractivity contribution in [3.8, 4) is 0 Å². The molecule has 2 fully saturated rings. The zero-order valence-corrected chi connectivity index (χ0v) is 16.2. The average molecular weight is 389 g/mol. The number of halogens is 2. The molecule has 0 aromatic heterocycles. The highest BCUT2D eigenvalue weighted by molar-refractivity contribution is 6.30. The van der Waals surface area contributed by atoms with Gasteiger partial charge in [0, 0.05) is 34.0 Å². The van der Waals surface area contributed by atoms with Crippen LogP contribution in [0.1, 0.15) is 42.5 Å². The van der Waals surface area contributed by atoms with Crippen molar-refractivity contribution in [2.45, 2.75) is 31.3 Å². The van der Waals surface area contributed by atoms with Crippen LogP contribution >= 0.6 is 23.2 Å². The van der Waals surface area contributed by atoms with E-state index >= 15 is 0 Å². The molecule has 0 unspecified atom stereocenters. The fourth-order valence-electron chi connectivity index (χ4n) is 4.47. The van der Waals surface area contributed by atoms with Crippen LogP contribution in [0.25, 0.3) is 0 Å². The predicted octanol–water partition coefficient (Wildman–Crippen LogP) is 5.80. The lowest BCUT2D eigenvalue weighted by Gasteiger charge is -2.47. The Hall–Kier alpha value is -1.55. The number of hydrogen-bond donors (Lipinski definition) is 1. The smallest absolute Gasteiger partial charge is 0.106 e. The Labute approximate surface area is 164 Å². The first kappa shape index (κ1) is 17.8. The van der Waals surface area contributed by atoms with E-state index in [2.05, 4.69) is 34.7 Å². The second-order valence-electron chi connectivity index (χ2n) is 7.07. The molecule has 1 N–H and O–H groups in total. The highest BCUT2D eigenvalue weighted by atomic mass is 35.5. The van der Waals surface area contributed by atoms with E-state index in [1.54, 1.807) is 7.11 Å². The van der Waals surface area contributed by atoms with Crippen LogP contribution in [0.2, 0.25) is 10.0 Å². The van der Waals surface area contributed by atoms with Crippen molar-refractivity contribution in [3.63, 3.8) is 0 Å². The molecule has 1 aliphatic carbocycles. The number of oxime groups is 1. The van der Waals surface area contributed by atoms with E-state index in [9.17, 15) is 0 Å². The van der Waals surface area contributed by atoms with Gasteiger partial charge in [-0.25, -0.2) is 0 Å². The van der Waals surface area contributed by atoms with Gasteiger partial charge < -0.3 is 10.2 Å². The topological polar surface area (TPSA) is 33.6 Å². The maximum Gasteiger partial charge on any atom is 0.106 e. The lowest BCUT2D eigenvalue weighted by atomic mass is 9.67. The lowest BCUT2D eigenvalue weighted by Crippen LogP contribution is -2.50. The first-order valence-electron chi connectivity index (χ1n) is 9.05. The summed E-state index contributed by atoms with van der Waals surface area (Å²) in [5, 5.41) is 9.88. The summed E-state index contributed by atoms with van der Waals surface area (Å²) in [6.07, 6.45) is 3.44. The van der Waals surface area contributed by atoms with E-state index < -0.39 is 0 Å². The SMILES string of the molecule is CON=C1[C@H]2CCC[C@@H]1[C@H](c1ccc(Cl)cc1)N[C@@H]2c1ccc(Cl)cc1. The molecule has 0 radical (unpaired) electrons. The van der Waals surface area contributed by atoms with Crippen LogP contribution in [0, 0.1) is 11.8 Å². The molecule has 1 heterocycles. The van der Waals surface area contributed by atoms with Gasteiger partial charge in [-0.05, 0) is 48.2 Å². The maximum atomic E-state index is 6.10. The molecule has 1 saturated heterocycles. The molecule has 136 valence electrons. The number of nitrogens with zero attached hydrogens (tertiary/aromatic N) is 1. The van der Waals surface area contributed by atoms with Gasteiger partial charge in [0.1, 0.15) is 7.11 Å². The van der Waals surface area contributed by atoms with Crippen LogP contribution in [0.4, 0.5) is 0 Å². The second-order valence-corrected chi connectivity index (χ2v) is 7.94. The molecule has 5 heteroatoms. The average Bonchev–Trinajstić information content (AvgIpc) is 2.64. The molecule has 1 aliphatic heterocycles. The number of nitrogens with one attached hydrogen (secondary N) is 1. The van der Waals surface area contributed by atoms with Crippen LogP contribution < -0.4 is 5.32 Å². The van der Waals surface area contributed by atoms with Gasteiger partial charge in [-0.2, -0.15) is 0 Å². The number of fused-ring (bicyclic) bond motifs is 2. The monoisotopic (exact) mass is 388 g/mol. The normalized spacial score (nSPS) is 29.6. The number of benzene rings is 2. The van der Waals surface area contributed by atoms with Crippen molar-refractivity contribution < 1.29 is 4.84 Å². The fraction of sp³-hybridized carbons (Fsp3) is 0.381. The summed E-state index contributed by atoms with van der Waals surface area (Å²) in [6.45, 7) is 0. The first-order chi connectivity index (χ1) is 12.7. The summed E-state index contributed by atoms with van der Waals surface area (Å²) in [5.74, 6) is 0.692. The number of hydrogen-bond acceptors (Lipinski definition) is 3. The summed E-state index contributed by atoms with van der Waals surface area (Å²) in [5.41, 5.74) is 3.66. The molecule has 0 spiro atoms. The molecule has 4 rings (SSSR count). The quantitative estimate of drug-likeness (QED) is 0.674. The zero-order valence-electron chi connectivity index (χ0n) is 14.7. The standard InChI is InChI=1S/C21H22Cl2N2O/c1-26-25-21-17-3-2-4-18(21)20(14-7-11-16(23)12-8-14)24-19(17)13-5-9-15(22)10-6-13/h5-12,17-20,24H,2-4H2,1H3/t17-,18+,19+,20-. The number of piperidine rings is 1.